The molecular weight excluding hydrogens is 342 g/mol. The fourth-order valence-electron chi connectivity index (χ4n) is 2.68. The second-order valence-electron chi connectivity index (χ2n) is 5.81. The summed E-state index contributed by atoms with van der Waals surface area (Å²) in [5.41, 5.74) is 2.18. The number of amides is 2. The molecule has 0 bridgehead atoms. The molecule has 1 N–H and O–H groups in total. The average molecular weight is 359 g/mol. The second kappa shape index (κ2) is 6.64. The van der Waals surface area contributed by atoms with Gasteiger partial charge in [-0.15, -0.1) is 0 Å². The molecule has 1 aromatic heterocycles. The monoisotopic (exact) mass is 359 g/mol. The van der Waals surface area contributed by atoms with E-state index in [2.05, 4.69) is 9.71 Å². The summed E-state index contributed by atoms with van der Waals surface area (Å²) >= 11 is 0. The van der Waals surface area contributed by atoms with Crippen LogP contribution in [0, 0.1) is 0 Å². The van der Waals surface area contributed by atoms with Crippen LogP contribution in [-0.2, 0) is 32.5 Å². The number of nitrogens with one attached hydrogen (secondary N) is 1. The highest BCUT2D eigenvalue weighted by molar-refractivity contribution is 7.90. The Hall–Kier alpha value is -2.74. The van der Waals surface area contributed by atoms with Gasteiger partial charge in [-0.2, -0.15) is 0 Å². The zero-order valence-electron chi connectivity index (χ0n) is 13.6. The van der Waals surface area contributed by atoms with Crippen LogP contribution < -0.4 is 9.62 Å². The van der Waals surface area contributed by atoms with Gasteiger partial charge >= 0.3 is 0 Å². The zero-order valence-corrected chi connectivity index (χ0v) is 14.4. The Morgan fingerprint density at radius 1 is 1.32 bits per heavy atom. The molecule has 1 aliphatic heterocycles. The number of aryl methyl sites for hydroxylation is 1. The summed E-state index contributed by atoms with van der Waals surface area (Å²) in [6.45, 7) is 0. The molecule has 7 nitrogen and oxygen atoms in total. The minimum Gasteiger partial charge on any atom is -0.315 e. The number of nitrogens with zero attached hydrogens (tertiary/aromatic N) is 2. The SMILES string of the molecule is CN1C(=O)Cc2cc(S(=O)(=O)NC(=O)CCc3cccnc3)ccc21. The number of likely N-dealkylation sites (N-methyl/N-ethyl adjacent to an activating group) is 1. The Balaban J connectivity index is 1.69. The fourth-order valence-corrected chi connectivity index (χ4v) is 3.74. The largest absolute Gasteiger partial charge is 0.315 e. The van der Waals surface area contributed by atoms with E-state index >= 15 is 0 Å². The predicted octanol–water partition coefficient (Wildman–Crippen LogP) is 1.04. The van der Waals surface area contributed by atoms with E-state index in [4.69, 9.17) is 0 Å². The number of sulfonamides is 1. The van der Waals surface area contributed by atoms with Crippen molar-refractivity contribution in [2.75, 3.05) is 11.9 Å². The van der Waals surface area contributed by atoms with Crippen LogP contribution in [0.25, 0.3) is 0 Å². The van der Waals surface area contributed by atoms with E-state index < -0.39 is 15.9 Å². The molecule has 2 heterocycles. The van der Waals surface area contributed by atoms with Crippen molar-refractivity contribution >= 4 is 27.5 Å². The number of benzene rings is 1. The molecule has 2 aromatic rings. The van der Waals surface area contributed by atoms with E-state index in [9.17, 15) is 18.0 Å². The minimum absolute atomic E-state index is 0.0240. The molecule has 1 aliphatic rings. The number of hydrogen-bond donors (Lipinski definition) is 1. The minimum atomic E-state index is -3.97. The Bertz CT molecular complexity index is 926. The van der Waals surface area contributed by atoms with Crippen molar-refractivity contribution in [2.45, 2.75) is 24.2 Å². The van der Waals surface area contributed by atoms with Crippen molar-refractivity contribution in [1.82, 2.24) is 9.71 Å². The van der Waals surface area contributed by atoms with Crippen LogP contribution in [0.2, 0.25) is 0 Å². The van der Waals surface area contributed by atoms with Crippen LogP contribution in [0.4, 0.5) is 5.69 Å². The highest BCUT2D eigenvalue weighted by Gasteiger charge is 2.26. The van der Waals surface area contributed by atoms with E-state index in [1.165, 1.54) is 17.0 Å². The molecule has 2 amide bonds. The lowest BCUT2D eigenvalue weighted by Gasteiger charge is -2.11. The topological polar surface area (TPSA) is 96.4 Å². The number of carbonyl (C=O) groups is 2. The Morgan fingerprint density at radius 3 is 2.84 bits per heavy atom. The van der Waals surface area contributed by atoms with Gasteiger partial charge in [-0.05, 0) is 41.8 Å². The predicted molar refractivity (Wildman–Crippen MR) is 91.4 cm³/mol. The smallest absolute Gasteiger partial charge is 0.264 e. The van der Waals surface area contributed by atoms with Crippen LogP contribution >= 0.6 is 0 Å². The second-order valence-corrected chi connectivity index (χ2v) is 7.49. The molecule has 0 radical (unpaired) electrons. The molecule has 0 spiro atoms. The first-order valence-corrected chi connectivity index (χ1v) is 9.19. The van der Waals surface area contributed by atoms with Crippen LogP contribution in [0.15, 0.2) is 47.6 Å². The third-order valence-electron chi connectivity index (χ3n) is 4.05. The van der Waals surface area contributed by atoms with Crippen LogP contribution in [-0.4, -0.2) is 32.3 Å². The van der Waals surface area contributed by atoms with E-state index in [0.717, 1.165) is 5.56 Å². The molecule has 0 aliphatic carbocycles. The van der Waals surface area contributed by atoms with Crippen molar-refractivity contribution in [2.24, 2.45) is 0 Å². The lowest BCUT2D eigenvalue weighted by atomic mass is 10.1. The van der Waals surface area contributed by atoms with E-state index in [1.54, 1.807) is 31.6 Å². The van der Waals surface area contributed by atoms with Gasteiger partial charge in [0.25, 0.3) is 10.0 Å². The van der Waals surface area contributed by atoms with Gasteiger partial charge in [0.2, 0.25) is 11.8 Å². The standard InChI is InChI=1S/C17H17N3O4S/c1-20-15-6-5-14(9-13(15)10-17(20)22)25(23,24)19-16(21)7-4-12-3-2-8-18-11-12/h2-3,5-6,8-9,11H,4,7,10H2,1H3,(H,19,21). The molecular formula is C17H17N3O4S. The van der Waals surface area contributed by atoms with Crippen molar-refractivity contribution in [3.05, 3.63) is 53.9 Å². The third-order valence-corrected chi connectivity index (χ3v) is 5.42. The molecule has 8 heteroatoms. The maximum absolute atomic E-state index is 12.4. The third kappa shape index (κ3) is 3.69. The number of hydrogen-bond acceptors (Lipinski definition) is 5. The van der Waals surface area contributed by atoms with Crippen molar-refractivity contribution in [3.63, 3.8) is 0 Å². The molecule has 0 unspecified atom stereocenters. The van der Waals surface area contributed by atoms with Gasteiger partial charge in [-0.3, -0.25) is 14.6 Å². The summed E-state index contributed by atoms with van der Waals surface area (Å²) in [5.74, 6) is -0.678. The maximum atomic E-state index is 12.4. The molecule has 0 fully saturated rings. The molecule has 0 atom stereocenters. The van der Waals surface area contributed by atoms with Crippen LogP contribution in [0.1, 0.15) is 17.5 Å². The Morgan fingerprint density at radius 2 is 2.12 bits per heavy atom. The quantitative estimate of drug-likeness (QED) is 0.860. The van der Waals surface area contributed by atoms with Gasteiger partial charge in [0.05, 0.1) is 11.3 Å². The fraction of sp³-hybridized carbons (Fsp3) is 0.235. The van der Waals surface area contributed by atoms with Crippen molar-refractivity contribution in [1.29, 1.82) is 0 Å². The van der Waals surface area contributed by atoms with Crippen LogP contribution in [0.3, 0.4) is 0 Å². The van der Waals surface area contributed by atoms with Crippen molar-refractivity contribution < 1.29 is 18.0 Å². The highest BCUT2D eigenvalue weighted by atomic mass is 32.2. The number of fused-ring (bicyclic) bond motifs is 1. The zero-order chi connectivity index (χ0) is 18.0. The molecule has 3 rings (SSSR count). The summed E-state index contributed by atoms with van der Waals surface area (Å²) in [6, 6.07) is 7.99. The molecule has 1 aromatic carbocycles. The Kier molecular flexibility index (Phi) is 4.54. The first-order chi connectivity index (χ1) is 11.9. The number of carbonyl (C=O) groups excluding carboxylic acids is 2. The maximum Gasteiger partial charge on any atom is 0.264 e. The lowest BCUT2D eigenvalue weighted by Crippen LogP contribution is -2.30. The van der Waals surface area contributed by atoms with Gasteiger partial charge in [-0.1, -0.05) is 6.07 Å². The molecule has 130 valence electrons. The Labute approximate surface area is 145 Å². The number of pyridine rings is 1. The van der Waals surface area contributed by atoms with Gasteiger partial charge in [0.1, 0.15) is 0 Å². The molecule has 25 heavy (non-hydrogen) atoms. The van der Waals surface area contributed by atoms with E-state index in [-0.39, 0.29) is 23.6 Å². The normalized spacial score (nSPS) is 13.6. The van der Waals surface area contributed by atoms with Gasteiger partial charge in [0.15, 0.2) is 0 Å². The summed E-state index contributed by atoms with van der Waals surface area (Å²) in [7, 11) is -2.32. The summed E-state index contributed by atoms with van der Waals surface area (Å²) in [4.78, 5) is 29.1. The molecule has 0 saturated carbocycles. The van der Waals surface area contributed by atoms with E-state index in [1.807, 2.05) is 6.07 Å². The average Bonchev–Trinajstić information content (AvgIpc) is 2.87. The summed E-state index contributed by atoms with van der Waals surface area (Å²) in [6.07, 6.45) is 3.86. The van der Waals surface area contributed by atoms with Gasteiger partial charge in [-0.25, -0.2) is 13.1 Å². The van der Waals surface area contributed by atoms with Crippen LogP contribution in [0.5, 0.6) is 0 Å². The molecule has 0 saturated heterocycles. The number of anilines is 1. The summed E-state index contributed by atoms with van der Waals surface area (Å²) in [5, 5.41) is 0. The highest BCUT2D eigenvalue weighted by Crippen LogP contribution is 2.29. The summed E-state index contributed by atoms with van der Waals surface area (Å²) < 4.78 is 26.8. The van der Waals surface area contributed by atoms with Gasteiger partial charge in [0, 0.05) is 31.5 Å². The first-order valence-electron chi connectivity index (χ1n) is 7.71. The number of aromatic nitrogens is 1. The van der Waals surface area contributed by atoms with Crippen molar-refractivity contribution in [3.8, 4) is 0 Å². The van der Waals surface area contributed by atoms with Gasteiger partial charge < -0.3 is 4.90 Å². The number of rotatable bonds is 5. The lowest BCUT2D eigenvalue weighted by molar-refractivity contribution is -0.119. The van der Waals surface area contributed by atoms with E-state index in [0.29, 0.717) is 17.7 Å². The first kappa shape index (κ1) is 17.1.